The lowest BCUT2D eigenvalue weighted by atomic mass is 10.1. The van der Waals surface area contributed by atoms with Crippen molar-refractivity contribution >= 4 is 11.6 Å². The maximum Gasteiger partial charge on any atom is 0.124 e. The lowest BCUT2D eigenvalue weighted by Gasteiger charge is -2.20. The third kappa shape index (κ3) is 4.10. The molecule has 1 heterocycles. The molecule has 0 spiro atoms. The molecule has 0 saturated carbocycles. The summed E-state index contributed by atoms with van der Waals surface area (Å²) < 4.78 is 11.8. The molecule has 0 amide bonds. The first kappa shape index (κ1) is 14.6. The van der Waals surface area contributed by atoms with Gasteiger partial charge in [-0.1, -0.05) is 11.6 Å². The fourth-order valence-electron chi connectivity index (χ4n) is 2.40. The van der Waals surface area contributed by atoms with Gasteiger partial charge in [0.2, 0.25) is 0 Å². The second-order valence-electron chi connectivity index (χ2n) is 5.63. The summed E-state index contributed by atoms with van der Waals surface area (Å²) in [4.78, 5) is 0. The van der Waals surface area contributed by atoms with E-state index in [-0.39, 0.29) is 11.7 Å². The van der Waals surface area contributed by atoms with E-state index in [4.69, 9.17) is 21.1 Å². The van der Waals surface area contributed by atoms with Crippen LogP contribution in [-0.4, -0.2) is 25.4 Å². The van der Waals surface area contributed by atoms with E-state index in [2.05, 4.69) is 19.2 Å². The molecule has 1 atom stereocenters. The van der Waals surface area contributed by atoms with Gasteiger partial charge in [0, 0.05) is 17.1 Å². The van der Waals surface area contributed by atoms with Crippen molar-refractivity contribution in [2.24, 2.45) is 0 Å². The first-order valence-electron chi connectivity index (χ1n) is 6.74. The van der Waals surface area contributed by atoms with E-state index < -0.39 is 0 Å². The number of ether oxygens (including phenoxy) is 2. The second-order valence-corrected chi connectivity index (χ2v) is 6.07. The minimum atomic E-state index is -0.0121. The van der Waals surface area contributed by atoms with Gasteiger partial charge in [-0.2, -0.15) is 0 Å². The molecule has 0 bridgehead atoms. The van der Waals surface area contributed by atoms with Gasteiger partial charge in [-0.25, -0.2) is 0 Å². The van der Waals surface area contributed by atoms with E-state index >= 15 is 0 Å². The molecule has 1 fully saturated rings. The van der Waals surface area contributed by atoms with Gasteiger partial charge < -0.3 is 14.8 Å². The third-order valence-electron chi connectivity index (χ3n) is 3.37. The van der Waals surface area contributed by atoms with Crippen LogP contribution in [0.2, 0.25) is 5.02 Å². The SMILES string of the molecule is CNCc1cc(Cl)ccc1OCC1CCC(C)(C)O1. The molecule has 1 aromatic rings. The third-order valence-corrected chi connectivity index (χ3v) is 3.60. The highest BCUT2D eigenvalue weighted by Crippen LogP contribution is 2.30. The van der Waals surface area contributed by atoms with Crippen LogP contribution in [-0.2, 0) is 11.3 Å². The van der Waals surface area contributed by atoms with Crippen molar-refractivity contribution in [1.29, 1.82) is 0 Å². The Morgan fingerprint density at radius 2 is 2.26 bits per heavy atom. The highest BCUT2D eigenvalue weighted by atomic mass is 35.5. The van der Waals surface area contributed by atoms with Crippen LogP contribution in [0.4, 0.5) is 0 Å². The van der Waals surface area contributed by atoms with Crippen molar-refractivity contribution in [3.05, 3.63) is 28.8 Å². The van der Waals surface area contributed by atoms with Gasteiger partial charge in [0.05, 0.1) is 11.7 Å². The van der Waals surface area contributed by atoms with E-state index in [1.165, 1.54) is 0 Å². The van der Waals surface area contributed by atoms with Crippen molar-refractivity contribution in [1.82, 2.24) is 5.32 Å². The van der Waals surface area contributed by atoms with Gasteiger partial charge in [-0.15, -0.1) is 0 Å². The molecule has 1 unspecified atom stereocenters. The first-order chi connectivity index (χ1) is 9.00. The average molecular weight is 284 g/mol. The number of hydrogen-bond acceptors (Lipinski definition) is 3. The Morgan fingerprint density at radius 1 is 1.47 bits per heavy atom. The molecular formula is C15H22ClNO2. The molecule has 106 valence electrons. The number of nitrogens with one attached hydrogen (secondary N) is 1. The standard InChI is InChI=1S/C15H22ClNO2/c1-15(2)7-6-13(19-15)10-18-14-5-4-12(16)8-11(14)9-17-3/h4-5,8,13,17H,6-7,9-10H2,1-3H3. The topological polar surface area (TPSA) is 30.5 Å². The first-order valence-corrected chi connectivity index (χ1v) is 7.11. The molecule has 0 radical (unpaired) electrons. The molecule has 1 saturated heterocycles. The molecule has 1 aromatic carbocycles. The minimum Gasteiger partial charge on any atom is -0.491 e. The molecule has 19 heavy (non-hydrogen) atoms. The minimum absolute atomic E-state index is 0.0121. The van der Waals surface area contributed by atoms with E-state index in [0.29, 0.717) is 6.61 Å². The fraction of sp³-hybridized carbons (Fsp3) is 0.600. The summed E-state index contributed by atoms with van der Waals surface area (Å²) >= 11 is 6.01. The summed E-state index contributed by atoms with van der Waals surface area (Å²) in [7, 11) is 1.91. The lowest BCUT2D eigenvalue weighted by molar-refractivity contribution is -0.0327. The van der Waals surface area contributed by atoms with E-state index in [1.807, 2.05) is 25.2 Å². The molecule has 4 heteroatoms. The van der Waals surface area contributed by atoms with Crippen LogP contribution in [0.5, 0.6) is 5.75 Å². The van der Waals surface area contributed by atoms with Crippen molar-refractivity contribution in [3.8, 4) is 5.75 Å². The van der Waals surface area contributed by atoms with E-state index in [0.717, 1.165) is 35.7 Å². The predicted octanol–water partition coefficient (Wildman–Crippen LogP) is 3.40. The summed E-state index contributed by atoms with van der Waals surface area (Å²) in [5.41, 5.74) is 1.06. The molecule has 0 aliphatic carbocycles. The van der Waals surface area contributed by atoms with Gasteiger partial charge >= 0.3 is 0 Å². The number of benzene rings is 1. The Bertz CT molecular complexity index is 434. The number of rotatable bonds is 5. The normalized spacial score (nSPS) is 21.6. The Hall–Kier alpha value is -0.770. The summed E-state index contributed by atoms with van der Waals surface area (Å²) in [6.07, 6.45) is 2.33. The van der Waals surface area contributed by atoms with Gasteiger partial charge in [0.15, 0.2) is 0 Å². The summed E-state index contributed by atoms with van der Waals surface area (Å²) in [5.74, 6) is 0.882. The van der Waals surface area contributed by atoms with Crippen LogP contribution in [0.15, 0.2) is 18.2 Å². The molecule has 3 nitrogen and oxygen atoms in total. The number of hydrogen-bond donors (Lipinski definition) is 1. The Morgan fingerprint density at radius 3 is 2.89 bits per heavy atom. The highest BCUT2D eigenvalue weighted by Gasteiger charge is 2.31. The molecule has 1 aliphatic heterocycles. The zero-order valence-electron chi connectivity index (χ0n) is 11.8. The Kier molecular flexibility index (Phi) is 4.71. The van der Waals surface area contributed by atoms with Crippen molar-refractivity contribution in [2.45, 2.75) is 44.9 Å². The highest BCUT2D eigenvalue weighted by molar-refractivity contribution is 6.30. The zero-order chi connectivity index (χ0) is 13.9. The van der Waals surface area contributed by atoms with Crippen LogP contribution < -0.4 is 10.1 Å². The zero-order valence-corrected chi connectivity index (χ0v) is 12.6. The Balaban J connectivity index is 1.96. The van der Waals surface area contributed by atoms with E-state index in [9.17, 15) is 0 Å². The van der Waals surface area contributed by atoms with Gasteiger partial charge in [0.25, 0.3) is 0 Å². The van der Waals surface area contributed by atoms with Gasteiger partial charge in [0.1, 0.15) is 12.4 Å². The molecule has 2 rings (SSSR count). The largest absolute Gasteiger partial charge is 0.491 e. The molecule has 0 aromatic heterocycles. The monoisotopic (exact) mass is 283 g/mol. The predicted molar refractivity (Wildman–Crippen MR) is 77.9 cm³/mol. The van der Waals surface area contributed by atoms with Crippen LogP contribution >= 0.6 is 11.6 Å². The van der Waals surface area contributed by atoms with Gasteiger partial charge in [-0.3, -0.25) is 0 Å². The van der Waals surface area contributed by atoms with Crippen LogP contribution in [0.1, 0.15) is 32.3 Å². The second kappa shape index (κ2) is 6.12. The summed E-state index contributed by atoms with van der Waals surface area (Å²) in [5, 5.41) is 3.86. The van der Waals surface area contributed by atoms with Crippen molar-refractivity contribution in [3.63, 3.8) is 0 Å². The average Bonchev–Trinajstić information content (AvgIpc) is 2.68. The number of halogens is 1. The molecule has 1 N–H and O–H groups in total. The van der Waals surface area contributed by atoms with Crippen molar-refractivity contribution in [2.75, 3.05) is 13.7 Å². The maximum atomic E-state index is 6.01. The lowest BCUT2D eigenvalue weighted by Crippen LogP contribution is -2.24. The van der Waals surface area contributed by atoms with E-state index in [1.54, 1.807) is 0 Å². The molecule has 1 aliphatic rings. The molecular weight excluding hydrogens is 262 g/mol. The smallest absolute Gasteiger partial charge is 0.124 e. The summed E-state index contributed by atoms with van der Waals surface area (Å²) in [6.45, 7) is 5.60. The van der Waals surface area contributed by atoms with Crippen molar-refractivity contribution < 1.29 is 9.47 Å². The van der Waals surface area contributed by atoms with Crippen LogP contribution in [0.25, 0.3) is 0 Å². The van der Waals surface area contributed by atoms with Crippen LogP contribution in [0.3, 0.4) is 0 Å². The summed E-state index contributed by atoms with van der Waals surface area (Å²) in [6, 6.07) is 5.72. The Labute approximate surface area is 120 Å². The maximum absolute atomic E-state index is 6.01. The quantitative estimate of drug-likeness (QED) is 0.898. The van der Waals surface area contributed by atoms with Gasteiger partial charge in [-0.05, 0) is 51.9 Å². The fourth-order valence-corrected chi connectivity index (χ4v) is 2.59. The van der Waals surface area contributed by atoms with Crippen LogP contribution in [0, 0.1) is 0 Å².